The summed E-state index contributed by atoms with van der Waals surface area (Å²) in [6.07, 6.45) is 0.960. The van der Waals surface area contributed by atoms with Crippen molar-refractivity contribution >= 4 is 28.4 Å². The van der Waals surface area contributed by atoms with E-state index in [1.807, 2.05) is 54.6 Å². The monoisotopic (exact) mass is 413 g/mol. The molecule has 0 saturated carbocycles. The van der Waals surface area contributed by atoms with Gasteiger partial charge in [-0.1, -0.05) is 25.1 Å². The molecule has 0 bridgehead atoms. The van der Waals surface area contributed by atoms with Crippen LogP contribution >= 0.6 is 0 Å². The van der Waals surface area contributed by atoms with Gasteiger partial charge < -0.3 is 14.8 Å². The Morgan fingerprint density at radius 3 is 2.55 bits per heavy atom. The van der Waals surface area contributed by atoms with Gasteiger partial charge in [-0.2, -0.15) is 0 Å². The van der Waals surface area contributed by atoms with Crippen LogP contribution < -0.4 is 10.1 Å². The molecule has 0 spiro atoms. The Morgan fingerprint density at radius 2 is 1.77 bits per heavy atom. The lowest BCUT2D eigenvalue weighted by Gasteiger charge is -2.12. The van der Waals surface area contributed by atoms with Gasteiger partial charge in [-0.15, -0.1) is 0 Å². The van der Waals surface area contributed by atoms with E-state index in [9.17, 15) is 4.79 Å². The van der Waals surface area contributed by atoms with E-state index in [-0.39, 0.29) is 5.97 Å². The smallest absolute Gasteiger partial charge is 0.337 e. The zero-order valence-electron chi connectivity index (χ0n) is 17.5. The molecule has 0 amide bonds. The topological polar surface area (TPSA) is 73.3 Å². The Morgan fingerprint density at radius 1 is 0.968 bits per heavy atom. The van der Waals surface area contributed by atoms with Crippen LogP contribution in [0.2, 0.25) is 0 Å². The van der Waals surface area contributed by atoms with Gasteiger partial charge in [0.15, 0.2) is 5.82 Å². The van der Waals surface area contributed by atoms with Crippen LogP contribution in [0.3, 0.4) is 0 Å². The number of nitrogens with zero attached hydrogens (tertiary/aromatic N) is 2. The molecule has 31 heavy (non-hydrogen) atoms. The second kappa shape index (κ2) is 9.26. The van der Waals surface area contributed by atoms with Crippen molar-refractivity contribution in [1.29, 1.82) is 0 Å². The minimum atomic E-state index is -0.387. The van der Waals surface area contributed by atoms with E-state index in [1.54, 1.807) is 18.2 Å². The van der Waals surface area contributed by atoms with Gasteiger partial charge in [0.25, 0.3) is 0 Å². The third-order valence-corrected chi connectivity index (χ3v) is 4.74. The Bertz CT molecular complexity index is 1210. The van der Waals surface area contributed by atoms with Gasteiger partial charge in [0, 0.05) is 16.6 Å². The van der Waals surface area contributed by atoms with Gasteiger partial charge in [-0.05, 0) is 61.0 Å². The number of benzene rings is 3. The Kier molecular flexibility index (Phi) is 6.08. The Labute approximate surface area is 180 Å². The van der Waals surface area contributed by atoms with E-state index in [1.165, 1.54) is 7.11 Å². The maximum absolute atomic E-state index is 11.9. The zero-order chi connectivity index (χ0) is 21.6. The number of esters is 1. The third-order valence-electron chi connectivity index (χ3n) is 4.74. The zero-order valence-corrected chi connectivity index (χ0v) is 17.5. The van der Waals surface area contributed by atoms with Crippen LogP contribution in [-0.4, -0.2) is 29.7 Å². The third kappa shape index (κ3) is 4.64. The number of carbonyl (C=O) groups is 1. The summed E-state index contributed by atoms with van der Waals surface area (Å²) in [7, 11) is 1.37. The number of hydrogen-bond donors (Lipinski definition) is 1. The van der Waals surface area contributed by atoms with Crippen molar-refractivity contribution in [3.63, 3.8) is 0 Å². The number of methoxy groups -OCH3 is 1. The molecule has 0 aliphatic heterocycles. The van der Waals surface area contributed by atoms with Crippen molar-refractivity contribution in [1.82, 2.24) is 9.97 Å². The normalized spacial score (nSPS) is 10.6. The lowest BCUT2D eigenvalue weighted by Crippen LogP contribution is -2.03. The molecular weight excluding hydrogens is 390 g/mol. The van der Waals surface area contributed by atoms with Gasteiger partial charge in [0.05, 0.1) is 24.8 Å². The summed E-state index contributed by atoms with van der Waals surface area (Å²) in [5.74, 6) is 1.70. The minimum Gasteiger partial charge on any atom is -0.494 e. The maximum Gasteiger partial charge on any atom is 0.337 e. The predicted octanol–water partition coefficient (Wildman–Crippen LogP) is 5.62. The standard InChI is InChI=1S/C25H23N3O3/c1-3-15-31-20-13-11-17(12-14-20)23-27-22-10-5-4-9-21(22)24(28-23)26-19-8-6-7-18(16-19)25(29)30-2/h4-14,16H,3,15H2,1-2H3,(H,26,27,28). The van der Waals surface area contributed by atoms with Gasteiger partial charge in [-0.3, -0.25) is 0 Å². The molecule has 3 aromatic carbocycles. The molecule has 4 rings (SSSR count). The van der Waals surface area contributed by atoms with E-state index >= 15 is 0 Å². The summed E-state index contributed by atoms with van der Waals surface area (Å²) in [6, 6.07) is 22.7. The number of anilines is 2. The summed E-state index contributed by atoms with van der Waals surface area (Å²) in [4.78, 5) is 21.4. The molecule has 1 aromatic heterocycles. The minimum absolute atomic E-state index is 0.387. The maximum atomic E-state index is 11.9. The average molecular weight is 413 g/mol. The van der Waals surface area contributed by atoms with Gasteiger partial charge in [0.1, 0.15) is 11.6 Å². The number of ether oxygens (including phenoxy) is 2. The van der Waals surface area contributed by atoms with Crippen LogP contribution in [0.5, 0.6) is 5.75 Å². The first-order valence-electron chi connectivity index (χ1n) is 10.1. The predicted molar refractivity (Wildman–Crippen MR) is 122 cm³/mol. The molecule has 6 nitrogen and oxygen atoms in total. The molecule has 4 aromatic rings. The highest BCUT2D eigenvalue weighted by Crippen LogP contribution is 2.28. The summed E-state index contributed by atoms with van der Waals surface area (Å²) in [5.41, 5.74) is 2.92. The molecule has 0 radical (unpaired) electrons. The molecule has 0 aliphatic carbocycles. The molecule has 0 atom stereocenters. The fourth-order valence-corrected chi connectivity index (χ4v) is 3.20. The van der Waals surface area contributed by atoms with E-state index < -0.39 is 0 Å². The largest absolute Gasteiger partial charge is 0.494 e. The van der Waals surface area contributed by atoms with E-state index in [0.29, 0.717) is 23.8 Å². The Hall–Kier alpha value is -3.93. The van der Waals surface area contributed by atoms with E-state index in [4.69, 9.17) is 19.4 Å². The van der Waals surface area contributed by atoms with E-state index in [0.717, 1.165) is 34.3 Å². The van der Waals surface area contributed by atoms with Gasteiger partial charge in [-0.25, -0.2) is 14.8 Å². The lowest BCUT2D eigenvalue weighted by atomic mass is 10.1. The van der Waals surface area contributed by atoms with Gasteiger partial charge in [0.2, 0.25) is 0 Å². The van der Waals surface area contributed by atoms with Crippen molar-refractivity contribution in [2.45, 2.75) is 13.3 Å². The molecular formula is C25H23N3O3. The highest BCUT2D eigenvalue weighted by molar-refractivity contribution is 5.94. The van der Waals surface area contributed by atoms with E-state index in [2.05, 4.69) is 12.2 Å². The molecule has 0 saturated heterocycles. The molecule has 1 heterocycles. The summed E-state index contributed by atoms with van der Waals surface area (Å²) >= 11 is 0. The fourth-order valence-electron chi connectivity index (χ4n) is 3.20. The highest BCUT2D eigenvalue weighted by Gasteiger charge is 2.11. The quantitative estimate of drug-likeness (QED) is 0.397. The molecule has 0 aliphatic rings. The molecule has 0 unspecified atom stereocenters. The summed E-state index contributed by atoms with van der Waals surface area (Å²) < 4.78 is 10.5. The Balaban J connectivity index is 1.71. The first-order valence-corrected chi connectivity index (χ1v) is 10.1. The second-order valence-corrected chi connectivity index (χ2v) is 6.98. The number of hydrogen-bond acceptors (Lipinski definition) is 6. The number of nitrogens with one attached hydrogen (secondary N) is 1. The molecule has 0 fully saturated rings. The van der Waals surface area contributed by atoms with Crippen LogP contribution in [0.15, 0.2) is 72.8 Å². The lowest BCUT2D eigenvalue weighted by molar-refractivity contribution is 0.0601. The average Bonchev–Trinajstić information content (AvgIpc) is 2.82. The molecule has 156 valence electrons. The van der Waals surface area contributed by atoms with Crippen molar-refractivity contribution in [2.75, 3.05) is 19.0 Å². The van der Waals surface area contributed by atoms with Crippen molar-refractivity contribution in [3.8, 4) is 17.1 Å². The number of para-hydroxylation sites is 1. The summed E-state index contributed by atoms with van der Waals surface area (Å²) in [6.45, 7) is 2.76. The van der Waals surface area contributed by atoms with Crippen molar-refractivity contribution in [3.05, 3.63) is 78.4 Å². The number of carbonyl (C=O) groups excluding carboxylic acids is 1. The van der Waals surface area contributed by atoms with Crippen LogP contribution in [0, 0.1) is 0 Å². The molecule has 1 N–H and O–H groups in total. The summed E-state index contributed by atoms with van der Waals surface area (Å²) in [5, 5.41) is 4.22. The first kappa shape index (κ1) is 20.3. The van der Waals surface area contributed by atoms with Crippen LogP contribution in [0.1, 0.15) is 23.7 Å². The highest BCUT2D eigenvalue weighted by atomic mass is 16.5. The number of aromatic nitrogens is 2. The number of fused-ring (bicyclic) bond motifs is 1. The SMILES string of the molecule is CCCOc1ccc(-c2nc(Nc3cccc(C(=O)OC)c3)c3ccccc3n2)cc1. The van der Waals surface area contributed by atoms with Crippen LogP contribution in [0.4, 0.5) is 11.5 Å². The van der Waals surface area contributed by atoms with Gasteiger partial charge >= 0.3 is 5.97 Å². The van der Waals surface area contributed by atoms with Crippen molar-refractivity contribution < 1.29 is 14.3 Å². The number of rotatable bonds is 7. The first-order chi connectivity index (χ1) is 15.2. The van der Waals surface area contributed by atoms with Crippen molar-refractivity contribution in [2.24, 2.45) is 0 Å². The van der Waals surface area contributed by atoms with Crippen LogP contribution in [0.25, 0.3) is 22.3 Å². The second-order valence-electron chi connectivity index (χ2n) is 6.98. The fraction of sp³-hybridized carbons (Fsp3) is 0.160. The molecule has 6 heteroatoms. The van der Waals surface area contributed by atoms with Crippen LogP contribution in [-0.2, 0) is 4.74 Å².